The number of primary amides is 1. The van der Waals surface area contributed by atoms with Crippen LogP contribution in [-0.4, -0.2) is 24.2 Å². The highest BCUT2D eigenvalue weighted by Gasteiger charge is 2.38. The molecule has 0 bridgehead atoms. The number of hydrogen-bond donors (Lipinski definition) is 3. The molecular weight excluding hydrogens is 232 g/mol. The van der Waals surface area contributed by atoms with E-state index >= 15 is 0 Å². The molecule has 1 amide bonds. The smallest absolute Gasteiger partial charge is 0.242 e. The van der Waals surface area contributed by atoms with Gasteiger partial charge in [0.25, 0.3) is 0 Å². The van der Waals surface area contributed by atoms with Crippen LogP contribution in [0.5, 0.6) is 11.5 Å². The maximum Gasteiger partial charge on any atom is 0.242 e. The fourth-order valence-corrected chi connectivity index (χ4v) is 1.92. The van der Waals surface area contributed by atoms with Gasteiger partial charge in [-0.05, 0) is 37.5 Å². The topological polar surface area (TPSA) is 84.6 Å². The SMILES string of the molecule is COc1cc(C(C)(NC2CC2)C(N)=O)ccc1O. The number of methoxy groups -OCH3 is 1. The van der Waals surface area contributed by atoms with Gasteiger partial charge in [-0.1, -0.05) is 6.07 Å². The summed E-state index contributed by atoms with van der Waals surface area (Å²) < 4.78 is 5.05. The van der Waals surface area contributed by atoms with Crippen LogP contribution in [0.2, 0.25) is 0 Å². The Hall–Kier alpha value is -1.75. The van der Waals surface area contributed by atoms with Gasteiger partial charge in [0.15, 0.2) is 11.5 Å². The minimum absolute atomic E-state index is 0.0412. The summed E-state index contributed by atoms with van der Waals surface area (Å²) in [5, 5.41) is 12.8. The lowest BCUT2D eigenvalue weighted by atomic mass is 9.90. The molecule has 18 heavy (non-hydrogen) atoms. The van der Waals surface area contributed by atoms with E-state index in [0.717, 1.165) is 12.8 Å². The standard InChI is InChI=1S/C13H18N2O3/c1-13(12(14)17,15-9-4-5-9)8-3-6-10(16)11(7-8)18-2/h3,6-7,9,15-16H,4-5H2,1-2H3,(H2,14,17). The Morgan fingerprint density at radius 1 is 1.56 bits per heavy atom. The number of aromatic hydroxyl groups is 1. The average Bonchev–Trinajstić information content (AvgIpc) is 3.13. The Bertz CT molecular complexity index is 471. The maximum absolute atomic E-state index is 11.7. The number of ether oxygens (including phenoxy) is 1. The van der Waals surface area contributed by atoms with Crippen LogP contribution in [0.1, 0.15) is 25.3 Å². The lowest BCUT2D eigenvalue weighted by Crippen LogP contribution is -2.51. The van der Waals surface area contributed by atoms with Gasteiger partial charge in [0, 0.05) is 6.04 Å². The lowest BCUT2D eigenvalue weighted by Gasteiger charge is -2.28. The van der Waals surface area contributed by atoms with E-state index in [2.05, 4.69) is 5.32 Å². The molecule has 4 N–H and O–H groups in total. The second-order valence-electron chi connectivity index (χ2n) is 4.79. The second-order valence-corrected chi connectivity index (χ2v) is 4.79. The molecule has 0 spiro atoms. The molecule has 2 rings (SSSR count). The fourth-order valence-electron chi connectivity index (χ4n) is 1.92. The Morgan fingerprint density at radius 2 is 2.22 bits per heavy atom. The van der Waals surface area contributed by atoms with Crippen molar-refractivity contribution in [1.82, 2.24) is 5.32 Å². The minimum atomic E-state index is -0.942. The molecule has 1 aliphatic rings. The van der Waals surface area contributed by atoms with Crippen LogP contribution < -0.4 is 15.8 Å². The average molecular weight is 250 g/mol. The van der Waals surface area contributed by atoms with Crippen molar-refractivity contribution in [3.63, 3.8) is 0 Å². The van der Waals surface area contributed by atoms with Crippen LogP contribution in [0.4, 0.5) is 0 Å². The number of nitrogens with one attached hydrogen (secondary N) is 1. The molecule has 0 radical (unpaired) electrons. The van der Waals surface area contributed by atoms with Crippen molar-refractivity contribution in [2.75, 3.05) is 7.11 Å². The minimum Gasteiger partial charge on any atom is -0.504 e. The molecular formula is C13H18N2O3. The number of phenolic OH excluding ortho intramolecular Hbond substituents is 1. The highest BCUT2D eigenvalue weighted by molar-refractivity contribution is 5.86. The Morgan fingerprint density at radius 3 is 2.72 bits per heavy atom. The zero-order chi connectivity index (χ0) is 13.3. The van der Waals surface area contributed by atoms with E-state index in [0.29, 0.717) is 17.4 Å². The largest absolute Gasteiger partial charge is 0.504 e. The van der Waals surface area contributed by atoms with E-state index in [1.165, 1.54) is 13.2 Å². The third-order valence-corrected chi connectivity index (χ3v) is 3.32. The molecule has 1 unspecified atom stereocenters. The Balaban J connectivity index is 2.38. The van der Waals surface area contributed by atoms with Gasteiger partial charge in [0.05, 0.1) is 7.11 Å². The molecule has 0 aromatic heterocycles. The third-order valence-electron chi connectivity index (χ3n) is 3.32. The Labute approximate surface area is 106 Å². The molecule has 98 valence electrons. The molecule has 1 aliphatic carbocycles. The van der Waals surface area contributed by atoms with Crippen molar-refractivity contribution in [2.45, 2.75) is 31.3 Å². The molecule has 0 aliphatic heterocycles. The van der Waals surface area contributed by atoms with Gasteiger partial charge in [-0.3, -0.25) is 10.1 Å². The summed E-state index contributed by atoms with van der Waals surface area (Å²) in [4.78, 5) is 11.7. The van der Waals surface area contributed by atoms with Gasteiger partial charge in [-0.2, -0.15) is 0 Å². The maximum atomic E-state index is 11.7. The highest BCUT2D eigenvalue weighted by atomic mass is 16.5. The third kappa shape index (κ3) is 2.26. The summed E-state index contributed by atoms with van der Waals surface area (Å²) >= 11 is 0. The summed E-state index contributed by atoms with van der Waals surface area (Å²) in [7, 11) is 1.47. The van der Waals surface area contributed by atoms with E-state index < -0.39 is 11.4 Å². The van der Waals surface area contributed by atoms with Crippen LogP contribution in [0.15, 0.2) is 18.2 Å². The van der Waals surface area contributed by atoms with Crippen molar-refractivity contribution in [2.24, 2.45) is 5.73 Å². The molecule has 1 saturated carbocycles. The number of nitrogens with two attached hydrogens (primary N) is 1. The van der Waals surface area contributed by atoms with E-state index in [-0.39, 0.29) is 5.75 Å². The number of benzene rings is 1. The van der Waals surface area contributed by atoms with E-state index in [9.17, 15) is 9.90 Å². The van der Waals surface area contributed by atoms with Crippen LogP contribution in [0, 0.1) is 0 Å². The van der Waals surface area contributed by atoms with Gasteiger partial charge in [-0.25, -0.2) is 0 Å². The Kier molecular flexibility index (Phi) is 3.17. The molecule has 1 fully saturated rings. The number of carbonyl (C=O) groups excluding carboxylic acids is 1. The van der Waals surface area contributed by atoms with Gasteiger partial charge in [-0.15, -0.1) is 0 Å². The summed E-state index contributed by atoms with van der Waals surface area (Å²) in [6.07, 6.45) is 2.11. The summed E-state index contributed by atoms with van der Waals surface area (Å²) in [5.41, 5.74) is 5.25. The lowest BCUT2D eigenvalue weighted by molar-refractivity contribution is -0.124. The first-order valence-electron chi connectivity index (χ1n) is 5.92. The molecule has 0 saturated heterocycles. The number of amides is 1. The summed E-state index contributed by atoms with van der Waals surface area (Å²) in [5.74, 6) is -0.0702. The van der Waals surface area contributed by atoms with Crippen LogP contribution in [0.3, 0.4) is 0 Å². The normalized spacial score (nSPS) is 18.1. The number of rotatable bonds is 5. The molecule has 1 aromatic carbocycles. The number of carbonyl (C=O) groups is 1. The van der Waals surface area contributed by atoms with Crippen LogP contribution in [-0.2, 0) is 10.3 Å². The van der Waals surface area contributed by atoms with Crippen molar-refractivity contribution in [1.29, 1.82) is 0 Å². The van der Waals surface area contributed by atoms with Crippen molar-refractivity contribution in [3.05, 3.63) is 23.8 Å². The molecule has 5 heteroatoms. The first-order chi connectivity index (χ1) is 8.47. The quantitative estimate of drug-likeness (QED) is 0.723. The summed E-state index contributed by atoms with van der Waals surface area (Å²) in [6, 6.07) is 5.15. The predicted octanol–water partition coefficient (Wildman–Crippen LogP) is 0.853. The van der Waals surface area contributed by atoms with E-state index in [1.54, 1.807) is 19.1 Å². The number of phenols is 1. The zero-order valence-corrected chi connectivity index (χ0v) is 10.6. The fraction of sp³-hybridized carbons (Fsp3) is 0.462. The van der Waals surface area contributed by atoms with Crippen molar-refractivity contribution in [3.8, 4) is 11.5 Å². The van der Waals surface area contributed by atoms with Gasteiger partial charge in [0.2, 0.25) is 5.91 Å². The van der Waals surface area contributed by atoms with Crippen molar-refractivity contribution >= 4 is 5.91 Å². The van der Waals surface area contributed by atoms with Gasteiger partial charge >= 0.3 is 0 Å². The van der Waals surface area contributed by atoms with E-state index in [4.69, 9.17) is 10.5 Å². The predicted molar refractivity (Wildman–Crippen MR) is 67.4 cm³/mol. The molecule has 5 nitrogen and oxygen atoms in total. The zero-order valence-electron chi connectivity index (χ0n) is 10.6. The van der Waals surface area contributed by atoms with Crippen molar-refractivity contribution < 1.29 is 14.6 Å². The molecule has 1 aromatic rings. The second kappa shape index (κ2) is 4.49. The van der Waals surface area contributed by atoms with Gasteiger partial charge < -0.3 is 15.6 Å². The first-order valence-corrected chi connectivity index (χ1v) is 5.92. The molecule has 1 atom stereocenters. The van der Waals surface area contributed by atoms with E-state index in [1.807, 2.05) is 0 Å². The monoisotopic (exact) mass is 250 g/mol. The summed E-state index contributed by atoms with van der Waals surface area (Å²) in [6.45, 7) is 1.75. The van der Waals surface area contributed by atoms with Crippen LogP contribution in [0.25, 0.3) is 0 Å². The first kappa shape index (κ1) is 12.7. The molecule has 0 heterocycles. The highest BCUT2D eigenvalue weighted by Crippen LogP contribution is 2.33. The van der Waals surface area contributed by atoms with Crippen LogP contribution >= 0.6 is 0 Å². The number of hydrogen-bond acceptors (Lipinski definition) is 4. The van der Waals surface area contributed by atoms with Gasteiger partial charge in [0.1, 0.15) is 5.54 Å².